The maximum absolute atomic E-state index is 13.6. The third-order valence-electron chi connectivity index (χ3n) is 5.91. The predicted molar refractivity (Wildman–Crippen MR) is 116 cm³/mol. The van der Waals surface area contributed by atoms with Crippen LogP contribution in [0.15, 0.2) is 67.0 Å². The molecule has 1 amide bonds. The summed E-state index contributed by atoms with van der Waals surface area (Å²) in [5.74, 6) is 0.108. The Morgan fingerprint density at radius 1 is 1.00 bits per heavy atom. The first-order valence-electron chi connectivity index (χ1n) is 10.6. The molecule has 0 bridgehead atoms. The molecular weight excluding hydrogens is 376 g/mol. The number of para-hydroxylation sites is 2. The van der Waals surface area contributed by atoms with Gasteiger partial charge in [-0.3, -0.25) is 19.3 Å². The number of hydrogen-bond acceptors (Lipinski definition) is 4. The number of morpholine rings is 1. The molecule has 0 saturated carbocycles. The molecule has 1 saturated heterocycles. The molecule has 3 heterocycles. The minimum absolute atomic E-state index is 0.0372. The van der Waals surface area contributed by atoms with Crippen molar-refractivity contribution >= 4 is 17.3 Å². The highest BCUT2D eigenvalue weighted by atomic mass is 16.5. The second kappa shape index (κ2) is 8.42. The molecule has 6 nitrogen and oxygen atoms in total. The van der Waals surface area contributed by atoms with Gasteiger partial charge in [-0.25, -0.2) is 0 Å². The summed E-state index contributed by atoms with van der Waals surface area (Å²) < 4.78 is 7.80. The van der Waals surface area contributed by atoms with E-state index in [9.17, 15) is 4.79 Å². The molecule has 5 rings (SSSR count). The molecule has 2 aliphatic heterocycles. The van der Waals surface area contributed by atoms with E-state index in [1.165, 1.54) is 11.1 Å². The van der Waals surface area contributed by atoms with Crippen LogP contribution in [0.3, 0.4) is 0 Å². The van der Waals surface area contributed by atoms with Crippen molar-refractivity contribution in [3.8, 4) is 0 Å². The lowest BCUT2D eigenvalue weighted by molar-refractivity contribution is -0.121. The first kappa shape index (κ1) is 19.0. The summed E-state index contributed by atoms with van der Waals surface area (Å²) in [5, 5.41) is 4.27. The van der Waals surface area contributed by atoms with Crippen LogP contribution >= 0.6 is 0 Å². The largest absolute Gasteiger partial charge is 0.374 e. The summed E-state index contributed by atoms with van der Waals surface area (Å²) >= 11 is 0. The number of amides is 1. The van der Waals surface area contributed by atoms with Gasteiger partial charge in [0, 0.05) is 25.5 Å². The van der Waals surface area contributed by atoms with E-state index in [-0.39, 0.29) is 12.0 Å². The molecule has 30 heavy (non-hydrogen) atoms. The third kappa shape index (κ3) is 3.88. The zero-order valence-corrected chi connectivity index (χ0v) is 17.0. The normalized spacial score (nSPS) is 19.1. The molecule has 1 unspecified atom stereocenters. The number of benzene rings is 2. The highest BCUT2D eigenvalue weighted by Crippen LogP contribution is 2.36. The summed E-state index contributed by atoms with van der Waals surface area (Å²) in [4.78, 5) is 17.7. The number of nitrogens with zero attached hydrogens (tertiary/aromatic N) is 4. The number of aryl methyl sites for hydroxylation is 2. The monoisotopic (exact) mass is 402 g/mol. The summed E-state index contributed by atoms with van der Waals surface area (Å²) in [7, 11) is 0. The predicted octanol–water partition coefficient (Wildman–Crippen LogP) is 3.05. The van der Waals surface area contributed by atoms with Crippen molar-refractivity contribution in [1.82, 2.24) is 14.7 Å². The molecule has 6 heteroatoms. The standard InChI is InChI=1S/C24H26N4O2/c29-24(18-26-14-15-30-21(16-26)17-27-13-5-12-25-27)28-22-8-3-1-6-19(22)10-11-20-7-2-4-9-23(20)28/h1-9,12-13,21H,10-11,14-18H2. The van der Waals surface area contributed by atoms with Crippen LogP contribution < -0.4 is 4.90 Å². The van der Waals surface area contributed by atoms with Crippen LogP contribution in [0.2, 0.25) is 0 Å². The van der Waals surface area contributed by atoms with Gasteiger partial charge in [0.15, 0.2) is 0 Å². The first-order chi connectivity index (χ1) is 14.8. The van der Waals surface area contributed by atoms with Gasteiger partial charge < -0.3 is 4.74 Å². The number of aromatic nitrogens is 2. The van der Waals surface area contributed by atoms with Gasteiger partial charge in [0.1, 0.15) is 0 Å². The lowest BCUT2D eigenvalue weighted by Crippen LogP contribution is -2.48. The van der Waals surface area contributed by atoms with E-state index in [0.717, 1.165) is 37.3 Å². The Kier molecular flexibility index (Phi) is 5.34. The van der Waals surface area contributed by atoms with Crippen LogP contribution in [0.5, 0.6) is 0 Å². The molecule has 0 N–H and O–H groups in total. The fourth-order valence-corrected chi connectivity index (χ4v) is 4.46. The first-order valence-corrected chi connectivity index (χ1v) is 10.6. The molecule has 0 radical (unpaired) electrons. The van der Waals surface area contributed by atoms with Crippen LogP contribution in [0.4, 0.5) is 11.4 Å². The highest BCUT2D eigenvalue weighted by Gasteiger charge is 2.29. The van der Waals surface area contributed by atoms with Gasteiger partial charge in [-0.1, -0.05) is 36.4 Å². The minimum atomic E-state index is 0.0372. The highest BCUT2D eigenvalue weighted by molar-refractivity contribution is 6.03. The van der Waals surface area contributed by atoms with Crippen molar-refractivity contribution in [3.63, 3.8) is 0 Å². The number of carbonyl (C=O) groups excluding carboxylic acids is 1. The Bertz CT molecular complexity index is 970. The molecule has 0 aliphatic carbocycles. The lowest BCUT2D eigenvalue weighted by Gasteiger charge is -2.34. The number of rotatable bonds is 4. The van der Waals surface area contributed by atoms with Crippen molar-refractivity contribution in [3.05, 3.63) is 78.1 Å². The van der Waals surface area contributed by atoms with Gasteiger partial charge in [0.05, 0.1) is 37.2 Å². The fourth-order valence-electron chi connectivity index (χ4n) is 4.46. The summed E-state index contributed by atoms with van der Waals surface area (Å²) in [6, 6.07) is 18.5. The van der Waals surface area contributed by atoms with Gasteiger partial charge in [0.2, 0.25) is 5.91 Å². The Morgan fingerprint density at radius 3 is 2.37 bits per heavy atom. The maximum Gasteiger partial charge on any atom is 0.245 e. The molecule has 3 aromatic rings. The molecule has 1 aromatic heterocycles. The number of hydrogen-bond donors (Lipinski definition) is 0. The van der Waals surface area contributed by atoms with Gasteiger partial charge in [-0.05, 0) is 42.2 Å². The average Bonchev–Trinajstić information content (AvgIpc) is 3.21. The Morgan fingerprint density at radius 2 is 1.70 bits per heavy atom. The summed E-state index contributed by atoms with van der Waals surface area (Å²) in [5.41, 5.74) is 4.46. The maximum atomic E-state index is 13.6. The van der Waals surface area contributed by atoms with Crippen LogP contribution in [-0.2, 0) is 28.9 Å². The van der Waals surface area contributed by atoms with Crippen molar-refractivity contribution in [2.24, 2.45) is 0 Å². The molecule has 2 aliphatic rings. The van der Waals surface area contributed by atoms with E-state index >= 15 is 0 Å². The Labute approximate surface area is 176 Å². The third-order valence-corrected chi connectivity index (χ3v) is 5.91. The molecule has 0 spiro atoms. The quantitative estimate of drug-likeness (QED) is 0.673. The fraction of sp³-hybridized carbons (Fsp3) is 0.333. The average molecular weight is 402 g/mol. The SMILES string of the molecule is O=C(CN1CCOC(Cn2cccn2)C1)N1c2ccccc2CCc2ccccc21. The second-order valence-electron chi connectivity index (χ2n) is 7.94. The molecular formula is C24H26N4O2. The van der Waals surface area contributed by atoms with Gasteiger partial charge >= 0.3 is 0 Å². The number of fused-ring (bicyclic) bond motifs is 2. The van der Waals surface area contributed by atoms with Crippen molar-refractivity contribution in [2.45, 2.75) is 25.5 Å². The molecule has 2 aromatic carbocycles. The van der Waals surface area contributed by atoms with Gasteiger partial charge in [-0.15, -0.1) is 0 Å². The van der Waals surface area contributed by atoms with Crippen LogP contribution in [0.25, 0.3) is 0 Å². The Hall–Kier alpha value is -2.96. The second-order valence-corrected chi connectivity index (χ2v) is 7.94. The van der Waals surface area contributed by atoms with Crippen LogP contribution in [0, 0.1) is 0 Å². The number of ether oxygens (including phenoxy) is 1. The van der Waals surface area contributed by atoms with E-state index in [1.807, 2.05) is 34.0 Å². The Balaban J connectivity index is 1.37. The molecule has 1 atom stereocenters. The van der Waals surface area contributed by atoms with E-state index in [4.69, 9.17) is 4.74 Å². The van der Waals surface area contributed by atoms with Crippen molar-refractivity contribution < 1.29 is 9.53 Å². The van der Waals surface area contributed by atoms with Crippen molar-refractivity contribution in [1.29, 1.82) is 0 Å². The van der Waals surface area contributed by atoms with E-state index in [1.54, 1.807) is 6.20 Å². The zero-order chi connectivity index (χ0) is 20.3. The van der Waals surface area contributed by atoms with E-state index in [0.29, 0.717) is 19.7 Å². The minimum Gasteiger partial charge on any atom is -0.374 e. The zero-order valence-electron chi connectivity index (χ0n) is 17.0. The van der Waals surface area contributed by atoms with Gasteiger partial charge in [0.25, 0.3) is 0 Å². The molecule has 154 valence electrons. The molecule has 1 fully saturated rings. The number of anilines is 2. The van der Waals surface area contributed by atoms with Crippen LogP contribution in [-0.4, -0.2) is 52.9 Å². The van der Waals surface area contributed by atoms with E-state index < -0.39 is 0 Å². The summed E-state index contributed by atoms with van der Waals surface area (Å²) in [6.45, 7) is 3.20. The van der Waals surface area contributed by atoms with Crippen LogP contribution in [0.1, 0.15) is 11.1 Å². The van der Waals surface area contributed by atoms with Crippen molar-refractivity contribution in [2.75, 3.05) is 31.1 Å². The smallest absolute Gasteiger partial charge is 0.245 e. The number of carbonyl (C=O) groups is 1. The topological polar surface area (TPSA) is 50.6 Å². The van der Waals surface area contributed by atoms with E-state index in [2.05, 4.69) is 46.4 Å². The van der Waals surface area contributed by atoms with Gasteiger partial charge in [-0.2, -0.15) is 5.10 Å². The lowest BCUT2D eigenvalue weighted by atomic mass is 10.0. The summed E-state index contributed by atoms with van der Waals surface area (Å²) in [6.07, 6.45) is 5.65.